The van der Waals surface area contributed by atoms with E-state index in [1.807, 2.05) is 57.2 Å². The lowest BCUT2D eigenvalue weighted by Crippen LogP contribution is -2.19. The molecule has 2 heterocycles. The van der Waals surface area contributed by atoms with E-state index in [2.05, 4.69) is 25.3 Å². The molecule has 0 fully saturated rings. The number of hydrogen-bond acceptors (Lipinski definition) is 5. The second-order valence-electron chi connectivity index (χ2n) is 7.01. The van der Waals surface area contributed by atoms with Crippen molar-refractivity contribution in [3.8, 4) is 0 Å². The highest BCUT2D eigenvalue weighted by molar-refractivity contribution is 6.30. The molecule has 0 aliphatic carbocycles. The quantitative estimate of drug-likeness (QED) is 0.517. The van der Waals surface area contributed by atoms with Gasteiger partial charge in [-0.05, 0) is 44.0 Å². The molecular weight excluding hydrogens is 386 g/mol. The van der Waals surface area contributed by atoms with E-state index in [1.165, 1.54) is 0 Å². The third-order valence-corrected chi connectivity index (χ3v) is 5.08. The average Bonchev–Trinajstić information content (AvgIpc) is 2.66. The van der Waals surface area contributed by atoms with Gasteiger partial charge in [0.05, 0.1) is 16.9 Å². The Bertz CT molecular complexity index is 1280. The molecule has 0 amide bonds. The summed E-state index contributed by atoms with van der Waals surface area (Å²) in [6.07, 6.45) is 0.458. The fourth-order valence-corrected chi connectivity index (χ4v) is 3.55. The minimum absolute atomic E-state index is 0.200. The Balaban J connectivity index is 1.66. The van der Waals surface area contributed by atoms with Gasteiger partial charge in [-0.15, -0.1) is 0 Å². The predicted octanol–water partition coefficient (Wildman–Crippen LogP) is 4.63. The lowest BCUT2D eigenvalue weighted by Gasteiger charge is -2.11. The van der Waals surface area contributed by atoms with Gasteiger partial charge in [-0.25, -0.2) is 15.0 Å². The number of aromatic amines is 1. The van der Waals surface area contributed by atoms with E-state index < -0.39 is 0 Å². The van der Waals surface area contributed by atoms with Gasteiger partial charge >= 0.3 is 0 Å². The smallest absolute Gasteiger partial charge is 0.256 e. The van der Waals surface area contributed by atoms with Gasteiger partial charge in [-0.1, -0.05) is 41.9 Å². The summed E-state index contributed by atoms with van der Waals surface area (Å²) in [5, 5.41) is 4.68. The number of H-pyrrole nitrogens is 1. The first-order valence-corrected chi connectivity index (χ1v) is 9.64. The number of anilines is 2. The first kappa shape index (κ1) is 19.1. The summed E-state index contributed by atoms with van der Waals surface area (Å²) in [6.45, 7) is 5.76. The number of fused-ring (bicyclic) bond motifs is 1. The zero-order chi connectivity index (χ0) is 20.5. The van der Waals surface area contributed by atoms with Crippen LogP contribution in [-0.4, -0.2) is 19.9 Å². The maximum atomic E-state index is 12.7. The molecule has 0 aliphatic rings. The molecule has 0 radical (unpaired) electrons. The highest BCUT2D eigenvalue weighted by atomic mass is 35.5. The van der Waals surface area contributed by atoms with Crippen molar-refractivity contribution in [3.63, 3.8) is 0 Å². The van der Waals surface area contributed by atoms with Crippen LogP contribution in [0.5, 0.6) is 0 Å². The highest BCUT2D eigenvalue weighted by Gasteiger charge is 2.12. The van der Waals surface area contributed by atoms with Crippen LogP contribution < -0.4 is 10.9 Å². The van der Waals surface area contributed by atoms with Gasteiger partial charge in [0.1, 0.15) is 0 Å². The first-order chi connectivity index (χ1) is 13.9. The van der Waals surface area contributed by atoms with Gasteiger partial charge in [0, 0.05) is 22.4 Å². The Morgan fingerprint density at radius 1 is 1.00 bits per heavy atom. The van der Waals surface area contributed by atoms with E-state index in [-0.39, 0.29) is 5.56 Å². The number of nitrogens with zero attached hydrogens (tertiary/aromatic N) is 3. The molecule has 4 rings (SSSR count). The largest absolute Gasteiger partial charge is 0.294 e. The number of benzene rings is 2. The summed E-state index contributed by atoms with van der Waals surface area (Å²) in [6, 6.07) is 13.4. The van der Waals surface area contributed by atoms with Crippen molar-refractivity contribution in [2.45, 2.75) is 27.2 Å². The van der Waals surface area contributed by atoms with Crippen LogP contribution in [0.15, 0.2) is 47.3 Å². The molecule has 0 aliphatic heterocycles. The lowest BCUT2D eigenvalue weighted by molar-refractivity contribution is 0.978. The monoisotopic (exact) mass is 405 g/mol. The molecule has 2 N–H and O–H groups in total. The van der Waals surface area contributed by atoms with Crippen molar-refractivity contribution in [1.82, 2.24) is 19.9 Å². The maximum absolute atomic E-state index is 12.7. The van der Waals surface area contributed by atoms with E-state index in [9.17, 15) is 4.79 Å². The molecule has 0 unspecified atom stereocenters. The summed E-state index contributed by atoms with van der Waals surface area (Å²) < 4.78 is 0. The van der Waals surface area contributed by atoms with E-state index >= 15 is 0 Å². The molecule has 0 bridgehead atoms. The molecule has 29 heavy (non-hydrogen) atoms. The fraction of sp³-hybridized carbons (Fsp3) is 0.182. The lowest BCUT2D eigenvalue weighted by atomic mass is 10.1. The summed E-state index contributed by atoms with van der Waals surface area (Å²) >= 11 is 6.05. The van der Waals surface area contributed by atoms with E-state index in [0.29, 0.717) is 34.6 Å². The Hall–Kier alpha value is -3.25. The maximum Gasteiger partial charge on any atom is 0.256 e. The topological polar surface area (TPSA) is 83.6 Å². The summed E-state index contributed by atoms with van der Waals surface area (Å²) in [5.74, 6) is 0.712. The number of aromatic nitrogens is 4. The number of halogens is 1. The van der Waals surface area contributed by atoms with Gasteiger partial charge in [-0.2, -0.15) is 0 Å². The molecule has 7 heteroatoms. The minimum atomic E-state index is -0.200. The third kappa shape index (κ3) is 3.98. The van der Waals surface area contributed by atoms with E-state index in [1.54, 1.807) is 6.07 Å². The van der Waals surface area contributed by atoms with Gasteiger partial charge in [-0.3, -0.25) is 15.1 Å². The molecule has 0 atom stereocenters. The molecule has 6 nitrogen and oxygen atoms in total. The van der Waals surface area contributed by atoms with Crippen LogP contribution in [0, 0.1) is 20.8 Å². The molecular formula is C22H20ClN5O. The van der Waals surface area contributed by atoms with Gasteiger partial charge in [0.2, 0.25) is 11.9 Å². The van der Waals surface area contributed by atoms with Gasteiger partial charge in [0.25, 0.3) is 5.56 Å². The first-order valence-electron chi connectivity index (χ1n) is 9.26. The second-order valence-corrected chi connectivity index (χ2v) is 7.45. The standard InChI is InChI=1S/C22H20ClN5O/c1-12-6-4-9-17-13(2)24-21(26-19(12)17)28-22-25-14(3)18(20(29)27-22)11-15-7-5-8-16(23)10-15/h4-10H,11H2,1-3H3,(H2,24,25,26,27,28,29). The third-order valence-electron chi connectivity index (χ3n) is 4.84. The Labute approximate surface area is 173 Å². The van der Waals surface area contributed by atoms with Crippen molar-refractivity contribution < 1.29 is 0 Å². The van der Waals surface area contributed by atoms with Gasteiger partial charge < -0.3 is 0 Å². The Morgan fingerprint density at radius 2 is 1.79 bits per heavy atom. The van der Waals surface area contributed by atoms with Crippen LogP contribution in [0.2, 0.25) is 5.02 Å². The van der Waals surface area contributed by atoms with Crippen molar-refractivity contribution in [2.75, 3.05) is 5.32 Å². The highest BCUT2D eigenvalue weighted by Crippen LogP contribution is 2.21. The number of hydrogen-bond donors (Lipinski definition) is 2. The van der Waals surface area contributed by atoms with E-state index in [0.717, 1.165) is 27.7 Å². The molecule has 4 aromatic rings. The number of nitrogens with one attached hydrogen (secondary N) is 2. The number of rotatable bonds is 4. The zero-order valence-electron chi connectivity index (χ0n) is 16.4. The molecule has 0 saturated carbocycles. The Kier molecular flexibility index (Phi) is 5.03. The van der Waals surface area contributed by atoms with Crippen LogP contribution in [0.3, 0.4) is 0 Å². The summed E-state index contributed by atoms with van der Waals surface area (Å²) in [5.41, 5.74) is 4.79. The molecule has 2 aromatic carbocycles. The molecule has 146 valence electrons. The molecule has 2 aromatic heterocycles. The van der Waals surface area contributed by atoms with Crippen LogP contribution in [0.4, 0.5) is 11.9 Å². The predicted molar refractivity (Wildman–Crippen MR) is 116 cm³/mol. The zero-order valence-corrected chi connectivity index (χ0v) is 17.1. The van der Waals surface area contributed by atoms with E-state index in [4.69, 9.17) is 11.6 Å². The SMILES string of the molecule is Cc1nc(Nc2nc(C)c3cccc(C)c3n2)[nH]c(=O)c1Cc1cccc(Cl)c1. The average molecular weight is 406 g/mol. The van der Waals surface area contributed by atoms with Crippen molar-refractivity contribution in [2.24, 2.45) is 0 Å². The number of aryl methyl sites for hydroxylation is 3. The van der Waals surface area contributed by atoms with Gasteiger partial charge in [0.15, 0.2) is 0 Å². The summed E-state index contributed by atoms with van der Waals surface area (Å²) in [7, 11) is 0. The van der Waals surface area contributed by atoms with Crippen molar-refractivity contribution in [1.29, 1.82) is 0 Å². The van der Waals surface area contributed by atoms with Crippen LogP contribution >= 0.6 is 11.6 Å². The second kappa shape index (κ2) is 7.64. The number of para-hydroxylation sites is 1. The molecule has 0 saturated heterocycles. The van der Waals surface area contributed by atoms with Crippen LogP contribution in [0.1, 0.15) is 28.1 Å². The summed E-state index contributed by atoms with van der Waals surface area (Å²) in [4.78, 5) is 29.0. The van der Waals surface area contributed by atoms with Crippen LogP contribution in [-0.2, 0) is 6.42 Å². The van der Waals surface area contributed by atoms with Crippen LogP contribution in [0.25, 0.3) is 10.9 Å². The minimum Gasteiger partial charge on any atom is -0.294 e. The fourth-order valence-electron chi connectivity index (χ4n) is 3.34. The Morgan fingerprint density at radius 3 is 2.55 bits per heavy atom. The van der Waals surface area contributed by atoms with Crippen molar-refractivity contribution in [3.05, 3.63) is 85.9 Å². The van der Waals surface area contributed by atoms with Crippen molar-refractivity contribution >= 4 is 34.4 Å². The molecule has 0 spiro atoms. The normalized spacial score (nSPS) is 11.0.